The number of nitriles is 1. The van der Waals surface area contributed by atoms with Crippen LogP contribution >= 0.6 is 27.5 Å². The van der Waals surface area contributed by atoms with Crippen LogP contribution in [0.4, 0.5) is 10.1 Å². The zero-order valence-electron chi connectivity index (χ0n) is 9.95. The average molecular weight is 354 g/mol. The van der Waals surface area contributed by atoms with Crippen molar-refractivity contribution in [3.8, 4) is 6.07 Å². The molecule has 0 aliphatic heterocycles. The third-order valence-electron chi connectivity index (χ3n) is 2.52. The smallest absolute Gasteiger partial charge is 0.256 e. The van der Waals surface area contributed by atoms with Crippen LogP contribution in [0.25, 0.3) is 0 Å². The van der Waals surface area contributed by atoms with Gasteiger partial charge in [-0.2, -0.15) is 5.26 Å². The second-order valence-corrected chi connectivity index (χ2v) is 5.15. The van der Waals surface area contributed by atoms with Gasteiger partial charge in [-0.25, -0.2) is 4.39 Å². The van der Waals surface area contributed by atoms with Gasteiger partial charge in [-0.05, 0) is 52.3 Å². The molecule has 3 nitrogen and oxygen atoms in total. The first kappa shape index (κ1) is 14.5. The molecule has 2 aromatic carbocycles. The molecule has 1 amide bonds. The van der Waals surface area contributed by atoms with Crippen molar-refractivity contribution < 1.29 is 9.18 Å². The van der Waals surface area contributed by atoms with E-state index in [9.17, 15) is 9.18 Å². The molecular formula is C14H7BrClFN2O. The number of hydrogen-bond acceptors (Lipinski definition) is 2. The van der Waals surface area contributed by atoms with E-state index in [0.29, 0.717) is 15.2 Å². The molecule has 0 atom stereocenters. The van der Waals surface area contributed by atoms with Gasteiger partial charge < -0.3 is 5.32 Å². The van der Waals surface area contributed by atoms with Crippen LogP contribution in [0.5, 0.6) is 0 Å². The first-order chi connectivity index (χ1) is 9.51. The first-order valence-electron chi connectivity index (χ1n) is 5.47. The van der Waals surface area contributed by atoms with E-state index in [1.807, 2.05) is 6.07 Å². The Morgan fingerprint density at radius 1 is 1.30 bits per heavy atom. The molecule has 20 heavy (non-hydrogen) atoms. The molecule has 100 valence electrons. The van der Waals surface area contributed by atoms with Gasteiger partial charge in [0.25, 0.3) is 5.91 Å². The largest absolute Gasteiger partial charge is 0.322 e. The lowest BCUT2D eigenvalue weighted by Crippen LogP contribution is -2.13. The highest BCUT2D eigenvalue weighted by molar-refractivity contribution is 9.10. The molecule has 6 heteroatoms. The van der Waals surface area contributed by atoms with Crippen LogP contribution in [0.3, 0.4) is 0 Å². The van der Waals surface area contributed by atoms with Crippen LogP contribution in [0, 0.1) is 17.1 Å². The lowest BCUT2D eigenvalue weighted by atomic mass is 10.2. The minimum atomic E-state index is -0.507. The lowest BCUT2D eigenvalue weighted by Gasteiger charge is -2.08. The Morgan fingerprint density at radius 3 is 2.75 bits per heavy atom. The molecule has 2 rings (SSSR count). The fraction of sp³-hybridized carbons (Fsp3) is 0. The zero-order chi connectivity index (χ0) is 14.7. The van der Waals surface area contributed by atoms with E-state index in [0.717, 1.165) is 6.07 Å². The van der Waals surface area contributed by atoms with Gasteiger partial charge in [0, 0.05) is 10.2 Å². The molecule has 0 saturated carbocycles. The lowest BCUT2D eigenvalue weighted by molar-refractivity contribution is 0.102. The minimum absolute atomic E-state index is 0.165. The van der Waals surface area contributed by atoms with E-state index in [1.54, 1.807) is 6.07 Å². The molecule has 0 aromatic heterocycles. The summed E-state index contributed by atoms with van der Waals surface area (Å²) in [7, 11) is 0. The molecule has 0 aliphatic rings. The SMILES string of the molecule is N#Cc1cc(NC(=O)c2cc(F)ccc2Br)ccc1Cl. The maximum atomic E-state index is 13.2. The normalized spacial score (nSPS) is 9.90. The van der Waals surface area contributed by atoms with Crippen LogP contribution in [-0.2, 0) is 0 Å². The van der Waals surface area contributed by atoms with Gasteiger partial charge in [0.1, 0.15) is 11.9 Å². The minimum Gasteiger partial charge on any atom is -0.322 e. The van der Waals surface area contributed by atoms with Crippen molar-refractivity contribution >= 4 is 39.1 Å². The van der Waals surface area contributed by atoms with E-state index in [4.69, 9.17) is 16.9 Å². The van der Waals surface area contributed by atoms with E-state index < -0.39 is 11.7 Å². The number of nitrogens with zero attached hydrogens (tertiary/aromatic N) is 1. The van der Waals surface area contributed by atoms with Gasteiger partial charge in [0.15, 0.2) is 0 Å². The highest BCUT2D eigenvalue weighted by Crippen LogP contribution is 2.22. The average Bonchev–Trinajstić information content (AvgIpc) is 2.43. The highest BCUT2D eigenvalue weighted by atomic mass is 79.9. The second kappa shape index (κ2) is 6.04. The van der Waals surface area contributed by atoms with E-state index >= 15 is 0 Å². The molecule has 0 spiro atoms. The number of carbonyl (C=O) groups excluding carboxylic acids is 1. The molecule has 0 saturated heterocycles. The fourth-order valence-corrected chi connectivity index (χ4v) is 2.15. The molecule has 2 aromatic rings. The van der Waals surface area contributed by atoms with Gasteiger partial charge in [0.05, 0.1) is 16.1 Å². The monoisotopic (exact) mass is 352 g/mol. The number of carbonyl (C=O) groups is 1. The predicted molar refractivity (Wildman–Crippen MR) is 78.2 cm³/mol. The summed E-state index contributed by atoms with van der Waals surface area (Å²) in [5, 5.41) is 11.8. The summed E-state index contributed by atoms with van der Waals surface area (Å²) in [5.74, 6) is -0.991. The predicted octanol–water partition coefficient (Wildman–Crippen LogP) is 4.37. The van der Waals surface area contributed by atoms with Gasteiger partial charge in [-0.15, -0.1) is 0 Å². The Bertz CT molecular complexity index is 728. The molecule has 0 bridgehead atoms. The standard InChI is InChI=1S/C14H7BrClFN2O/c15-12-3-1-9(17)6-11(12)14(20)19-10-2-4-13(16)8(5-10)7-18/h1-6H,(H,19,20). The van der Waals surface area contributed by atoms with Crippen LogP contribution in [0.2, 0.25) is 5.02 Å². The summed E-state index contributed by atoms with van der Waals surface area (Å²) in [6, 6.07) is 10.3. The second-order valence-electron chi connectivity index (χ2n) is 3.88. The summed E-state index contributed by atoms with van der Waals surface area (Å²) < 4.78 is 13.6. The van der Waals surface area contributed by atoms with Crippen molar-refractivity contribution in [3.05, 3.63) is 62.8 Å². The number of nitrogens with one attached hydrogen (secondary N) is 1. The summed E-state index contributed by atoms with van der Waals surface area (Å²) in [4.78, 5) is 12.0. The Balaban J connectivity index is 2.28. The van der Waals surface area contributed by atoms with Crippen molar-refractivity contribution in [3.63, 3.8) is 0 Å². The number of anilines is 1. The van der Waals surface area contributed by atoms with Gasteiger partial charge >= 0.3 is 0 Å². The van der Waals surface area contributed by atoms with Crippen molar-refractivity contribution in [2.24, 2.45) is 0 Å². The molecular weight excluding hydrogens is 347 g/mol. The molecule has 1 N–H and O–H groups in total. The van der Waals surface area contributed by atoms with Crippen LogP contribution in [0.1, 0.15) is 15.9 Å². The molecule has 0 radical (unpaired) electrons. The summed E-state index contributed by atoms with van der Waals surface area (Å²) in [6.45, 7) is 0. The number of benzene rings is 2. The number of hydrogen-bond donors (Lipinski definition) is 1. The third kappa shape index (κ3) is 3.16. The molecule has 0 heterocycles. The van der Waals surface area contributed by atoms with Gasteiger partial charge in [0.2, 0.25) is 0 Å². The fourth-order valence-electron chi connectivity index (χ4n) is 1.56. The molecule has 0 unspecified atom stereocenters. The number of halogens is 3. The maximum absolute atomic E-state index is 13.2. The quantitative estimate of drug-likeness (QED) is 0.872. The summed E-state index contributed by atoms with van der Waals surface area (Å²) in [6.07, 6.45) is 0. The highest BCUT2D eigenvalue weighted by Gasteiger charge is 2.12. The Kier molecular flexibility index (Phi) is 4.38. The van der Waals surface area contributed by atoms with Crippen LogP contribution in [-0.4, -0.2) is 5.91 Å². The van der Waals surface area contributed by atoms with Crippen molar-refractivity contribution in [2.45, 2.75) is 0 Å². The molecule has 0 aliphatic carbocycles. The van der Waals surface area contributed by atoms with E-state index in [-0.39, 0.29) is 11.1 Å². The first-order valence-corrected chi connectivity index (χ1v) is 6.64. The van der Waals surface area contributed by atoms with Gasteiger partial charge in [-0.3, -0.25) is 4.79 Å². The molecule has 0 fully saturated rings. The Hall–Kier alpha value is -1.90. The van der Waals surface area contributed by atoms with Gasteiger partial charge in [-0.1, -0.05) is 11.6 Å². The Morgan fingerprint density at radius 2 is 2.05 bits per heavy atom. The van der Waals surface area contributed by atoms with Crippen LogP contribution in [0.15, 0.2) is 40.9 Å². The van der Waals surface area contributed by atoms with Crippen LogP contribution < -0.4 is 5.32 Å². The zero-order valence-corrected chi connectivity index (χ0v) is 12.3. The topological polar surface area (TPSA) is 52.9 Å². The third-order valence-corrected chi connectivity index (χ3v) is 3.54. The van der Waals surface area contributed by atoms with Crippen molar-refractivity contribution in [1.29, 1.82) is 5.26 Å². The van der Waals surface area contributed by atoms with Crippen molar-refractivity contribution in [1.82, 2.24) is 0 Å². The summed E-state index contributed by atoms with van der Waals surface area (Å²) in [5.41, 5.74) is 0.827. The van der Waals surface area contributed by atoms with E-state index in [1.165, 1.54) is 24.3 Å². The van der Waals surface area contributed by atoms with Crippen molar-refractivity contribution in [2.75, 3.05) is 5.32 Å². The number of rotatable bonds is 2. The summed E-state index contributed by atoms with van der Waals surface area (Å²) >= 11 is 8.99. The number of amides is 1. The maximum Gasteiger partial charge on any atom is 0.256 e. The van der Waals surface area contributed by atoms with E-state index in [2.05, 4.69) is 21.2 Å². The Labute approximate surface area is 128 Å².